The van der Waals surface area contributed by atoms with E-state index in [1.807, 2.05) is 43.3 Å². The van der Waals surface area contributed by atoms with Crippen LogP contribution in [0.1, 0.15) is 22.8 Å². The SMILES string of the molecule is CCc1cc(Sc2ccc(Br)cc2)ccc1C(=O)O. The Labute approximate surface area is 125 Å². The van der Waals surface area contributed by atoms with Crippen molar-refractivity contribution in [2.24, 2.45) is 0 Å². The van der Waals surface area contributed by atoms with Gasteiger partial charge in [0.1, 0.15) is 0 Å². The van der Waals surface area contributed by atoms with Gasteiger partial charge in [0, 0.05) is 14.3 Å². The van der Waals surface area contributed by atoms with Crippen LogP contribution in [0, 0.1) is 0 Å². The van der Waals surface area contributed by atoms with E-state index >= 15 is 0 Å². The van der Waals surface area contributed by atoms with E-state index in [4.69, 9.17) is 5.11 Å². The summed E-state index contributed by atoms with van der Waals surface area (Å²) >= 11 is 5.04. The molecule has 0 unspecified atom stereocenters. The van der Waals surface area contributed by atoms with E-state index in [1.54, 1.807) is 17.8 Å². The van der Waals surface area contributed by atoms with Crippen LogP contribution >= 0.6 is 27.7 Å². The Kier molecular flexibility index (Phi) is 4.66. The van der Waals surface area contributed by atoms with E-state index in [9.17, 15) is 4.79 Å². The molecule has 2 aromatic rings. The standard InChI is InChI=1S/C15H13BrO2S/c1-2-10-9-13(7-8-14(10)15(17)18)19-12-5-3-11(16)4-6-12/h3-9H,2H2,1H3,(H,17,18). The fourth-order valence-corrected chi connectivity index (χ4v) is 2.92. The van der Waals surface area contributed by atoms with Crippen LogP contribution in [0.3, 0.4) is 0 Å². The molecule has 2 nitrogen and oxygen atoms in total. The van der Waals surface area contributed by atoms with Gasteiger partial charge in [0.25, 0.3) is 0 Å². The highest BCUT2D eigenvalue weighted by Crippen LogP contribution is 2.30. The van der Waals surface area contributed by atoms with Gasteiger partial charge in [-0.2, -0.15) is 0 Å². The lowest BCUT2D eigenvalue weighted by molar-refractivity contribution is 0.0695. The molecule has 2 aromatic carbocycles. The lowest BCUT2D eigenvalue weighted by Gasteiger charge is -2.07. The van der Waals surface area contributed by atoms with E-state index in [2.05, 4.69) is 15.9 Å². The summed E-state index contributed by atoms with van der Waals surface area (Å²) in [4.78, 5) is 13.3. The molecule has 0 aliphatic heterocycles. The average molecular weight is 337 g/mol. The van der Waals surface area contributed by atoms with Gasteiger partial charge in [-0.25, -0.2) is 4.79 Å². The first-order valence-corrected chi connectivity index (χ1v) is 7.50. The Balaban J connectivity index is 2.26. The van der Waals surface area contributed by atoms with Gasteiger partial charge < -0.3 is 5.11 Å². The van der Waals surface area contributed by atoms with Crippen molar-refractivity contribution < 1.29 is 9.90 Å². The topological polar surface area (TPSA) is 37.3 Å². The minimum atomic E-state index is -0.864. The Morgan fingerprint density at radius 3 is 2.37 bits per heavy atom. The predicted octanol–water partition coefficient (Wildman–Crippen LogP) is 4.86. The van der Waals surface area contributed by atoms with Gasteiger partial charge in [0.2, 0.25) is 0 Å². The Morgan fingerprint density at radius 2 is 1.79 bits per heavy atom. The summed E-state index contributed by atoms with van der Waals surface area (Å²) in [6, 6.07) is 13.5. The third-order valence-electron chi connectivity index (χ3n) is 2.74. The first-order chi connectivity index (χ1) is 9.10. The fourth-order valence-electron chi connectivity index (χ4n) is 1.77. The molecule has 0 atom stereocenters. The van der Waals surface area contributed by atoms with E-state index < -0.39 is 5.97 Å². The molecule has 0 aromatic heterocycles. The lowest BCUT2D eigenvalue weighted by atomic mass is 10.1. The van der Waals surface area contributed by atoms with Gasteiger partial charge in [0.15, 0.2) is 0 Å². The minimum Gasteiger partial charge on any atom is -0.478 e. The number of benzene rings is 2. The van der Waals surface area contributed by atoms with Crippen molar-refractivity contribution in [1.82, 2.24) is 0 Å². The van der Waals surface area contributed by atoms with Crippen molar-refractivity contribution in [2.75, 3.05) is 0 Å². The zero-order valence-corrected chi connectivity index (χ0v) is 12.8. The molecule has 19 heavy (non-hydrogen) atoms. The van der Waals surface area contributed by atoms with Crippen LogP contribution in [0.2, 0.25) is 0 Å². The van der Waals surface area contributed by atoms with E-state index in [-0.39, 0.29) is 0 Å². The summed E-state index contributed by atoms with van der Waals surface area (Å²) in [6.07, 6.45) is 0.719. The molecule has 1 N–H and O–H groups in total. The van der Waals surface area contributed by atoms with Crippen LogP contribution in [0.25, 0.3) is 0 Å². The van der Waals surface area contributed by atoms with E-state index in [0.29, 0.717) is 5.56 Å². The maximum Gasteiger partial charge on any atom is 0.335 e. The average Bonchev–Trinajstić information content (AvgIpc) is 2.41. The molecule has 0 radical (unpaired) electrons. The molecule has 0 fully saturated rings. The summed E-state index contributed by atoms with van der Waals surface area (Å²) in [5, 5.41) is 9.10. The fraction of sp³-hybridized carbons (Fsp3) is 0.133. The normalized spacial score (nSPS) is 10.4. The highest BCUT2D eigenvalue weighted by atomic mass is 79.9. The Hall–Kier alpha value is -1.26. The van der Waals surface area contributed by atoms with E-state index in [1.165, 1.54) is 0 Å². The third kappa shape index (κ3) is 3.61. The van der Waals surface area contributed by atoms with Crippen molar-refractivity contribution in [3.8, 4) is 0 Å². The second-order valence-corrected chi connectivity index (χ2v) is 6.10. The maximum atomic E-state index is 11.1. The van der Waals surface area contributed by atoms with Crippen molar-refractivity contribution in [2.45, 2.75) is 23.1 Å². The monoisotopic (exact) mass is 336 g/mol. The summed E-state index contributed by atoms with van der Waals surface area (Å²) in [7, 11) is 0. The zero-order valence-electron chi connectivity index (χ0n) is 10.4. The number of carbonyl (C=O) groups is 1. The zero-order chi connectivity index (χ0) is 13.8. The predicted molar refractivity (Wildman–Crippen MR) is 81.0 cm³/mol. The molecule has 0 spiro atoms. The maximum absolute atomic E-state index is 11.1. The van der Waals surface area contributed by atoms with Crippen molar-refractivity contribution in [1.29, 1.82) is 0 Å². The van der Waals surface area contributed by atoms with E-state index in [0.717, 1.165) is 26.2 Å². The molecular weight excluding hydrogens is 324 g/mol. The summed E-state index contributed by atoms with van der Waals surface area (Å²) < 4.78 is 1.05. The molecule has 0 saturated heterocycles. The number of halogens is 1. The number of carboxylic acids is 1. The second-order valence-electron chi connectivity index (χ2n) is 4.03. The molecule has 4 heteroatoms. The first kappa shape index (κ1) is 14.2. The van der Waals surface area contributed by atoms with Gasteiger partial charge >= 0.3 is 5.97 Å². The molecule has 0 bridgehead atoms. The number of hydrogen-bond acceptors (Lipinski definition) is 2. The molecule has 98 valence electrons. The van der Waals surface area contributed by atoms with Gasteiger partial charge in [-0.15, -0.1) is 0 Å². The lowest BCUT2D eigenvalue weighted by Crippen LogP contribution is -2.01. The highest BCUT2D eigenvalue weighted by molar-refractivity contribution is 9.10. The van der Waals surface area contributed by atoms with Crippen molar-refractivity contribution in [3.05, 3.63) is 58.1 Å². The highest BCUT2D eigenvalue weighted by Gasteiger charge is 2.09. The molecule has 0 heterocycles. The number of aryl methyl sites for hydroxylation is 1. The molecule has 0 saturated carbocycles. The van der Waals surface area contributed by atoms with Gasteiger partial charge in [0.05, 0.1) is 5.56 Å². The quantitative estimate of drug-likeness (QED) is 0.866. The van der Waals surface area contributed by atoms with Crippen LogP contribution in [-0.2, 0) is 6.42 Å². The molecule has 0 amide bonds. The third-order valence-corrected chi connectivity index (χ3v) is 4.26. The molecule has 2 rings (SSSR count). The molecule has 0 aliphatic rings. The van der Waals surface area contributed by atoms with Gasteiger partial charge in [-0.1, -0.05) is 34.6 Å². The summed E-state index contributed by atoms with van der Waals surface area (Å²) in [5.41, 5.74) is 1.26. The van der Waals surface area contributed by atoms with Crippen LogP contribution < -0.4 is 0 Å². The summed E-state index contributed by atoms with van der Waals surface area (Å²) in [6.45, 7) is 1.97. The van der Waals surface area contributed by atoms with Gasteiger partial charge in [-0.05, 0) is 54.4 Å². The number of rotatable bonds is 4. The first-order valence-electron chi connectivity index (χ1n) is 5.90. The van der Waals surface area contributed by atoms with Gasteiger partial charge in [-0.3, -0.25) is 0 Å². The van der Waals surface area contributed by atoms with Crippen LogP contribution in [0.4, 0.5) is 0 Å². The number of aromatic carboxylic acids is 1. The van der Waals surface area contributed by atoms with Crippen LogP contribution in [-0.4, -0.2) is 11.1 Å². The van der Waals surface area contributed by atoms with Crippen molar-refractivity contribution in [3.63, 3.8) is 0 Å². The largest absolute Gasteiger partial charge is 0.478 e. The number of carboxylic acid groups (broad SMARTS) is 1. The number of hydrogen-bond donors (Lipinski definition) is 1. The minimum absolute atomic E-state index is 0.391. The Bertz CT molecular complexity index is 594. The molecule has 0 aliphatic carbocycles. The van der Waals surface area contributed by atoms with Crippen LogP contribution in [0.15, 0.2) is 56.7 Å². The molecular formula is C15H13BrO2S. The summed E-state index contributed by atoms with van der Waals surface area (Å²) in [5.74, 6) is -0.864. The van der Waals surface area contributed by atoms with Crippen molar-refractivity contribution >= 4 is 33.7 Å². The van der Waals surface area contributed by atoms with Crippen LogP contribution in [0.5, 0.6) is 0 Å². The second kappa shape index (κ2) is 6.26. The Morgan fingerprint density at radius 1 is 1.16 bits per heavy atom. The smallest absolute Gasteiger partial charge is 0.335 e.